The van der Waals surface area contributed by atoms with Gasteiger partial charge in [0, 0.05) is 19.6 Å². The summed E-state index contributed by atoms with van der Waals surface area (Å²) in [5.74, 6) is 0.203. The van der Waals surface area contributed by atoms with E-state index in [1.165, 1.54) is 11.1 Å². The van der Waals surface area contributed by atoms with E-state index in [4.69, 9.17) is 0 Å². The topological polar surface area (TPSA) is 32.3 Å². The van der Waals surface area contributed by atoms with Crippen LogP contribution in [0.5, 0.6) is 0 Å². The fourth-order valence-corrected chi connectivity index (χ4v) is 2.04. The Morgan fingerprint density at radius 3 is 2.94 bits per heavy atom. The van der Waals surface area contributed by atoms with E-state index in [0.29, 0.717) is 0 Å². The molecule has 0 bridgehead atoms. The summed E-state index contributed by atoms with van der Waals surface area (Å²) in [6.45, 7) is 6.44. The highest BCUT2D eigenvalue weighted by atomic mass is 16.2. The van der Waals surface area contributed by atoms with E-state index < -0.39 is 0 Å². The average molecular weight is 218 g/mol. The number of nitrogens with one attached hydrogen (secondary N) is 1. The Balaban J connectivity index is 2.10. The van der Waals surface area contributed by atoms with Crippen LogP contribution in [0.25, 0.3) is 0 Å². The highest BCUT2D eigenvalue weighted by Gasteiger charge is 2.24. The Morgan fingerprint density at radius 2 is 2.19 bits per heavy atom. The summed E-state index contributed by atoms with van der Waals surface area (Å²) in [5, 5.41) is 3.17. The van der Waals surface area contributed by atoms with Crippen molar-refractivity contribution in [3.63, 3.8) is 0 Å². The van der Waals surface area contributed by atoms with Crippen molar-refractivity contribution in [2.45, 2.75) is 26.4 Å². The van der Waals surface area contributed by atoms with Gasteiger partial charge in [-0.1, -0.05) is 24.3 Å². The Kier molecular flexibility index (Phi) is 3.25. The first-order chi connectivity index (χ1) is 7.68. The molecule has 0 aliphatic carbocycles. The van der Waals surface area contributed by atoms with Crippen LogP contribution in [0.2, 0.25) is 0 Å². The molecule has 1 aliphatic heterocycles. The zero-order valence-electron chi connectivity index (χ0n) is 9.86. The number of aryl methyl sites for hydroxylation is 1. The van der Waals surface area contributed by atoms with Gasteiger partial charge in [0.05, 0.1) is 6.04 Å². The summed E-state index contributed by atoms with van der Waals surface area (Å²) in [5.41, 5.74) is 2.49. The van der Waals surface area contributed by atoms with Gasteiger partial charge in [-0.05, 0) is 25.0 Å². The molecule has 3 heteroatoms. The van der Waals surface area contributed by atoms with Crippen LogP contribution in [0.4, 0.5) is 0 Å². The largest absolute Gasteiger partial charge is 0.336 e. The normalized spacial score (nSPS) is 21.2. The van der Waals surface area contributed by atoms with Crippen LogP contribution in [0.15, 0.2) is 24.3 Å². The third kappa shape index (κ3) is 2.25. The Morgan fingerprint density at radius 1 is 1.44 bits per heavy atom. The summed E-state index contributed by atoms with van der Waals surface area (Å²) in [7, 11) is 0. The van der Waals surface area contributed by atoms with E-state index in [-0.39, 0.29) is 11.9 Å². The number of hydrogen-bond acceptors (Lipinski definition) is 2. The van der Waals surface area contributed by atoms with Crippen LogP contribution in [-0.2, 0) is 11.3 Å². The molecular weight excluding hydrogens is 200 g/mol. The van der Waals surface area contributed by atoms with Crippen molar-refractivity contribution in [1.82, 2.24) is 10.2 Å². The summed E-state index contributed by atoms with van der Waals surface area (Å²) in [6.07, 6.45) is 0. The minimum atomic E-state index is -0.0437. The fourth-order valence-electron chi connectivity index (χ4n) is 2.04. The second kappa shape index (κ2) is 4.66. The van der Waals surface area contributed by atoms with E-state index in [1.807, 2.05) is 24.0 Å². The monoisotopic (exact) mass is 218 g/mol. The first kappa shape index (κ1) is 11.1. The molecule has 0 saturated carbocycles. The molecule has 1 amide bonds. The highest BCUT2D eigenvalue weighted by molar-refractivity contribution is 5.82. The smallest absolute Gasteiger partial charge is 0.239 e. The lowest BCUT2D eigenvalue weighted by molar-refractivity contribution is -0.135. The maximum atomic E-state index is 11.9. The zero-order chi connectivity index (χ0) is 11.5. The van der Waals surface area contributed by atoms with E-state index in [1.54, 1.807) is 0 Å². The van der Waals surface area contributed by atoms with Gasteiger partial charge < -0.3 is 10.2 Å². The molecular formula is C13H18N2O. The Bertz CT molecular complexity index is 389. The molecule has 1 saturated heterocycles. The van der Waals surface area contributed by atoms with Crippen LogP contribution in [0.1, 0.15) is 18.1 Å². The summed E-state index contributed by atoms with van der Waals surface area (Å²) in [6, 6.07) is 8.19. The van der Waals surface area contributed by atoms with Crippen LogP contribution < -0.4 is 5.32 Å². The molecule has 3 nitrogen and oxygen atoms in total. The number of piperazine rings is 1. The van der Waals surface area contributed by atoms with Gasteiger partial charge in [0.15, 0.2) is 0 Å². The molecule has 0 radical (unpaired) electrons. The van der Waals surface area contributed by atoms with Crippen LogP contribution >= 0.6 is 0 Å². The van der Waals surface area contributed by atoms with Crippen molar-refractivity contribution in [2.75, 3.05) is 13.1 Å². The predicted octanol–water partition coefficient (Wildman–Crippen LogP) is 1.32. The van der Waals surface area contributed by atoms with Gasteiger partial charge in [0.2, 0.25) is 5.91 Å². The molecule has 1 unspecified atom stereocenters. The van der Waals surface area contributed by atoms with E-state index in [0.717, 1.165) is 19.6 Å². The molecule has 1 aromatic carbocycles. The number of carbonyl (C=O) groups is 1. The quantitative estimate of drug-likeness (QED) is 0.812. The highest BCUT2D eigenvalue weighted by Crippen LogP contribution is 2.12. The lowest BCUT2D eigenvalue weighted by Crippen LogP contribution is -2.53. The molecule has 1 atom stereocenters. The fraction of sp³-hybridized carbons (Fsp3) is 0.462. The van der Waals surface area contributed by atoms with E-state index >= 15 is 0 Å². The van der Waals surface area contributed by atoms with Crippen molar-refractivity contribution >= 4 is 5.91 Å². The van der Waals surface area contributed by atoms with Crippen molar-refractivity contribution < 1.29 is 4.79 Å². The van der Waals surface area contributed by atoms with Gasteiger partial charge in [0.1, 0.15) is 0 Å². The van der Waals surface area contributed by atoms with E-state index in [9.17, 15) is 4.79 Å². The molecule has 1 N–H and O–H groups in total. The third-order valence-corrected chi connectivity index (χ3v) is 3.14. The Hall–Kier alpha value is -1.35. The average Bonchev–Trinajstić information content (AvgIpc) is 2.28. The molecule has 0 aromatic heterocycles. The number of carbonyl (C=O) groups excluding carboxylic acids is 1. The molecule has 1 aliphatic rings. The summed E-state index contributed by atoms with van der Waals surface area (Å²) < 4.78 is 0. The van der Waals surface area contributed by atoms with Gasteiger partial charge >= 0.3 is 0 Å². The molecule has 0 spiro atoms. The van der Waals surface area contributed by atoms with E-state index in [2.05, 4.69) is 24.4 Å². The number of amides is 1. The lowest BCUT2D eigenvalue weighted by atomic mass is 10.1. The number of rotatable bonds is 2. The first-order valence-electron chi connectivity index (χ1n) is 5.75. The first-order valence-corrected chi connectivity index (χ1v) is 5.75. The van der Waals surface area contributed by atoms with Gasteiger partial charge in [-0.2, -0.15) is 0 Å². The standard InChI is InChI=1S/C13H18N2O/c1-10-5-3-4-6-12(10)9-15-8-7-14-11(2)13(15)16/h3-6,11,14H,7-9H2,1-2H3. The molecule has 1 fully saturated rings. The minimum absolute atomic E-state index is 0.0437. The van der Waals surface area contributed by atoms with Crippen molar-refractivity contribution in [1.29, 1.82) is 0 Å². The van der Waals surface area contributed by atoms with Gasteiger partial charge in [-0.3, -0.25) is 4.79 Å². The molecule has 16 heavy (non-hydrogen) atoms. The minimum Gasteiger partial charge on any atom is -0.336 e. The van der Waals surface area contributed by atoms with Crippen LogP contribution in [-0.4, -0.2) is 29.9 Å². The molecule has 1 heterocycles. The summed E-state index contributed by atoms with van der Waals surface area (Å²) in [4.78, 5) is 13.8. The van der Waals surface area contributed by atoms with Crippen LogP contribution in [0, 0.1) is 6.92 Å². The van der Waals surface area contributed by atoms with Crippen LogP contribution in [0.3, 0.4) is 0 Å². The van der Waals surface area contributed by atoms with Gasteiger partial charge in [0.25, 0.3) is 0 Å². The number of benzene rings is 1. The second-order valence-corrected chi connectivity index (χ2v) is 4.36. The van der Waals surface area contributed by atoms with Gasteiger partial charge in [-0.25, -0.2) is 0 Å². The van der Waals surface area contributed by atoms with Crippen molar-refractivity contribution in [3.05, 3.63) is 35.4 Å². The SMILES string of the molecule is Cc1ccccc1CN1CCNC(C)C1=O. The van der Waals surface area contributed by atoms with Gasteiger partial charge in [-0.15, -0.1) is 0 Å². The summed E-state index contributed by atoms with van der Waals surface area (Å²) >= 11 is 0. The van der Waals surface area contributed by atoms with Crippen molar-refractivity contribution in [2.24, 2.45) is 0 Å². The third-order valence-electron chi connectivity index (χ3n) is 3.14. The molecule has 2 rings (SSSR count). The molecule has 1 aromatic rings. The lowest BCUT2D eigenvalue weighted by Gasteiger charge is -2.31. The molecule has 86 valence electrons. The maximum Gasteiger partial charge on any atom is 0.239 e. The number of hydrogen-bond donors (Lipinski definition) is 1. The number of nitrogens with zero attached hydrogens (tertiary/aromatic N) is 1. The maximum absolute atomic E-state index is 11.9. The Labute approximate surface area is 96.5 Å². The van der Waals surface area contributed by atoms with Crippen molar-refractivity contribution in [3.8, 4) is 0 Å². The predicted molar refractivity (Wildman–Crippen MR) is 64.1 cm³/mol. The zero-order valence-corrected chi connectivity index (χ0v) is 9.86. The second-order valence-electron chi connectivity index (χ2n) is 4.36.